The molecule has 0 aliphatic carbocycles. The molecule has 1 unspecified atom stereocenters. The van der Waals surface area contributed by atoms with Gasteiger partial charge >= 0.3 is 6.03 Å². The molecule has 3 rings (SSSR count). The molecular formula is C21H25ClFN3O2. The molecule has 7 heteroatoms. The smallest absolute Gasteiger partial charge is 0.317 e. The van der Waals surface area contributed by atoms with Crippen molar-refractivity contribution in [3.05, 3.63) is 70.5 Å². The lowest BCUT2D eigenvalue weighted by molar-refractivity contribution is 0.0164. The van der Waals surface area contributed by atoms with Crippen LogP contribution in [0.25, 0.3) is 0 Å². The molecule has 1 fully saturated rings. The van der Waals surface area contributed by atoms with Crippen LogP contribution >= 0.6 is 11.6 Å². The van der Waals surface area contributed by atoms with Crippen molar-refractivity contribution in [1.29, 1.82) is 0 Å². The van der Waals surface area contributed by atoms with E-state index in [0.29, 0.717) is 31.3 Å². The van der Waals surface area contributed by atoms with E-state index in [4.69, 9.17) is 16.3 Å². The van der Waals surface area contributed by atoms with E-state index in [-0.39, 0.29) is 17.9 Å². The molecule has 5 nitrogen and oxygen atoms in total. The number of morpholine rings is 1. The molecule has 2 aromatic carbocycles. The molecule has 150 valence electrons. The van der Waals surface area contributed by atoms with E-state index < -0.39 is 0 Å². The van der Waals surface area contributed by atoms with Gasteiger partial charge in [0.05, 0.1) is 19.3 Å². The highest BCUT2D eigenvalue weighted by Crippen LogP contribution is 2.22. The van der Waals surface area contributed by atoms with Gasteiger partial charge in [-0.15, -0.1) is 0 Å². The second-order valence-electron chi connectivity index (χ2n) is 6.85. The molecule has 1 aliphatic rings. The van der Waals surface area contributed by atoms with Gasteiger partial charge in [0.25, 0.3) is 0 Å². The van der Waals surface area contributed by atoms with E-state index in [2.05, 4.69) is 10.2 Å². The van der Waals surface area contributed by atoms with Crippen LogP contribution in [0.4, 0.5) is 9.18 Å². The maximum absolute atomic E-state index is 13.8. The summed E-state index contributed by atoms with van der Waals surface area (Å²) in [5.74, 6) is -0.280. The maximum Gasteiger partial charge on any atom is 0.317 e. The Labute approximate surface area is 170 Å². The van der Waals surface area contributed by atoms with Crippen LogP contribution in [-0.2, 0) is 11.3 Å². The number of amides is 2. The van der Waals surface area contributed by atoms with Crippen molar-refractivity contribution in [1.82, 2.24) is 15.1 Å². The summed E-state index contributed by atoms with van der Waals surface area (Å²) in [6.45, 7) is 3.54. The van der Waals surface area contributed by atoms with Crippen LogP contribution in [0.1, 0.15) is 17.2 Å². The summed E-state index contributed by atoms with van der Waals surface area (Å²) in [7, 11) is 1.73. The highest BCUT2D eigenvalue weighted by Gasteiger charge is 2.24. The zero-order valence-electron chi connectivity index (χ0n) is 15.9. The lowest BCUT2D eigenvalue weighted by atomic mass is 10.0. The van der Waals surface area contributed by atoms with E-state index in [1.807, 2.05) is 24.3 Å². The average molecular weight is 406 g/mol. The van der Waals surface area contributed by atoms with Crippen molar-refractivity contribution >= 4 is 17.6 Å². The zero-order chi connectivity index (χ0) is 19.9. The number of carbonyl (C=O) groups excluding carboxylic acids is 1. The average Bonchev–Trinajstić information content (AvgIpc) is 2.70. The number of urea groups is 1. The van der Waals surface area contributed by atoms with Gasteiger partial charge in [-0.05, 0) is 29.3 Å². The molecule has 1 atom stereocenters. The van der Waals surface area contributed by atoms with Gasteiger partial charge in [-0.3, -0.25) is 4.90 Å². The highest BCUT2D eigenvalue weighted by atomic mass is 35.5. The summed E-state index contributed by atoms with van der Waals surface area (Å²) in [6.07, 6.45) is 0. The van der Waals surface area contributed by atoms with Crippen molar-refractivity contribution in [2.75, 3.05) is 39.9 Å². The van der Waals surface area contributed by atoms with Crippen molar-refractivity contribution in [2.45, 2.75) is 12.6 Å². The van der Waals surface area contributed by atoms with Gasteiger partial charge in [0.15, 0.2) is 0 Å². The molecule has 1 saturated heterocycles. The summed E-state index contributed by atoms with van der Waals surface area (Å²) in [5, 5.41) is 3.61. The molecule has 2 aromatic rings. The number of nitrogens with zero attached hydrogens (tertiary/aromatic N) is 2. The van der Waals surface area contributed by atoms with Crippen LogP contribution in [0.15, 0.2) is 48.5 Å². The first kappa shape index (κ1) is 20.6. The Morgan fingerprint density at radius 3 is 2.71 bits per heavy atom. The van der Waals surface area contributed by atoms with E-state index in [1.165, 1.54) is 12.1 Å². The number of benzene rings is 2. The van der Waals surface area contributed by atoms with Crippen molar-refractivity contribution < 1.29 is 13.9 Å². The number of carbonyl (C=O) groups is 1. The van der Waals surface area contributed by atoms with Gasteiger partial charge in [-0.25, -0.2) is 9.18 Å². The zero-order valence-corrected chi connectivity index (χ0v) is 16.7. The van der Waals surface area contributed by atoms with Crippen molar-refractivity contribution in [3.8, 4) is 0 Å². The first-order chi connectivity index (χ1) is 13.5. The molecule has 0 saturated carbocycles. The van der Waals surface area contributed by atoms with Gasteiger partial charge in [-0.2, -0.15) is 0 Å². The van der Waals surface area contributed by atoms with Gasteiger partial charge in [0, 0.05) is 38.2 Å². The Bertz CT molecular complexity index is 799. The lowest BCUT2D eigenvalue weighted by Gasteiger charge is -2.35. The summed E-state index contributed by atoms with van der Waals surface area (Å²) < 4.78 is 19.2. The highest BCUT2D eigenvalue weighted by molar-refractivity contribution is 6.31. The van der Waals surface area contributed by atoms with E-state index in [1.54, 1.807) is 24.1 Å². The van der Waals surface area contributed by atoms with Crippen LogP contribution < -0.4 is 5.32 Å². The minimum absolute atomic E-state index is 0.114. The Morgan fingerprint density at radius 1 is 1.25 bits per heavy atom. The largest absolute Gasteiger partial charge is 0.379 e. The number of halogens is 2. The molecular weight excluding hydrogens is 381 g/mol. The summed E-state index contributed by atoms with van der Waals surface area (Å²) in [5.41, 5.74) is 1.73. The fraction of sp³-hybridized carbons (Fsp3) is 0.381. The second kappa shape index (κ2) is 9.87. The minimum atomic E-state index is -0.280. The Hall–Kier alpha value is -2.15. The van der Waals surface area contributed by atoms with Crippen LogP contribution in [0.3, 0.4) is 0 Å². The molecule has 1 N–H and O–H groups in total. The van der Waals surface area contributed by atoms with Gasteiger partial charge in [-0.1, -0.05) is 41.9 Å². The molecule has 0 spiro atoms. The van der Waals surface area contributed by atoms with E-state index in [9.17, 15) is 9.18 Å². The minimum Gasteiger partial charge on any atom is -0.379 e. The van der Waals surface area contributed by atoms with Crippen LogP contribution in [0.5, 0.6) is 0 Å². The van der Waals surface area contributed by atoms with Gasteiger partial charge in [0.2, 0.25) is 0 Å². The van der Waals surface area contributed by atoms with E-state index >= 15 is 0 Å². The fourth-order valence-corrected chi connectivity index (χ4v) is 3.53. The summed E-state index contributed by atoms with van der Waals surface area (Å²) in [4.78, 5) is 16.4. The predicted molar refractivity (Wildman–Crippen MR) is 108 cm³/mol. The van der Waals surface area contributed by atoms with Crippen LogP contribution in [0.2, 0.25) is 5.02 Å². The SMILES string of the molecule is CN(Cc1ccccc1Cl)C(=O)NCC(c1cccc(F)c1)N1CCOCC1. The number of nitrogens with one attached hydrogen (secondary N) is 1. The third-order valence-corrected chi connectivity index (χ3v) is 5.25. The summed E-state index contributed by atoms with van der Waals surface area (Å²) in [6, 6.07) is 13.7. The number of ether oxygens (including phenoxy) is 1. The first-order valence-corrected chi connectivity index (χ1v) is 9.72. The van der Waals surface area contributed by atoms with Crippen LogP contribution in [0, 0.1) is 5.82 Å². The maximum atomic E-state index is 13.8. The number of hydrogen-bond donors (Lipinski definition) is 1. The number of rotatable bonds is 6. The normalized spacial score (nSPS) is 15.8. The molecule has 28 heavy (non-hydrogen) atoms. The topological polar surface area (TPSA) is 44.8 Å². The Balaban J connectivity index is 1.65. The monoisotopic (exact) mass is 405 g/mol. The molecule has 0 bridgehead atoms. The van der Waals surface area contributed by atoms with E-state index in [0.717, 1.165) is 24.2 Å². The van der Waals surface area contributed by atoms with Crippen molar-refractivity contribution in [3.63, 3.8) is 0 Å². The molecule has 2 amide bonds. The quantitative estimate of drug-likeness (QED) is 0.797. The molecule has 0 aromatic heterocycles. The molecule has 1 aliphatic heterocycles. The first-order valence-electron chi connectivity index (χ1n) is 9.34. The Kier molecular flexibility index (Phi) is 7.25. The number of hydrogen-bond acceptors (Lipinski definition) is 3. The fourth-order valence-electron chi connectivity index (χ4n) is 3.33. The second-order valence-corrected chi connectivity index (χ2v) is 7.26. The summed E-state index contributed by atoms with van der Waals surface area (Å²) >= 11 is 6.18. The third-order valence-electron chi connectivity index (χ3n) is 4.88. The third kappa shape index (κ3) is 5.44. The van der Waals surface area contributed by atoms with Gasteiger partial charge in [0.1, 0.15) is 5.82 Å². The predicted octanol–water partition coefficient (Wildman–Crippen LogP) is 3.69. The Morgan fingerprint density at radius 2 is 2.00 bits per heavy atom. The van der Waals surface area contributed by atoms with Gasteiger partial charge < -0.3 is 15.0 Å². The molecule has 0 radical (unpaired) electrons. The van der Waals surface area contributed by atoms with Crippen molar-refractivity contribution in [2.24, 2.45) is 0 Å². The lowest BCUT2D eigenvalue weighted by Crippen LogP contribution is -2.46. The van der Waals surface area contributed by atoms with Crippen LogP contribution in [-0.4, -0.2) is 55.7 Å². The molecule has 1 heterocycles. The standard InChI is InChI=1S/C21H25ClFN3O2/c1-25(15-17-5-2-3-8-19(17)22)21(27)24-14-20(26-9-11-28-12-10-26)16-6-4-7-18(23)13-16/h2-8,13,20H,9-12,14-15H2,1H3,(H,24,27).